The summed E-state index contributed by atoms with van der Waals surface area (Å²) < 4.78 is 22.7. The lowest BCUT2D eigenvalue weighted by Crippen LogP contribution is -2.47. The number of benzene rings is 2. The molecular weight excluding hydrogens is 554 g/mol. The number of halogens is 1. The van der Waals surface area contributed by atoms with Gasteiger partial charge in [-0.25, -0.2) is 0 Å². The predicted octanol–water partition coefficient (Wildman–Crippen LogP) is 3.77. The van der Waals surface area contributed by atoms with Crippen molar-refractivity contribution in [1.29, 1.82) is 0 Å². The number of rotatable bonds is 10. The third kappa shape index (κ3) is 6.75. The molecule has 5 rings (SSSR count). The molecule has 2 aromatic carbocycles. The third-order valence-corrected chi connectivity index (χ3v) is 7.06. The fourth-order valence-electron chi connectivity index (χ4n) is 4.49. The van der Waals surface area contributed by atoms with Gasteiger partial charge in [-0.3, -0.25) is 14.5 Å². The van der Waals surface area contributed by atoms with Crippen molar-refractivity contribution < 1.29 is 28.2 Å². The Kier molecular flexibility index (Phi) is 8.62. The molecule has 38 heavy (non-hydrogen) atoms. The highest BCUT2D eigenvalue weighted by Gasteiger charge is 2.25. The van der Waals surface area contributed by atoms with Crippen LogP contribution in [0, 0.1) is 0 Å². The van der Waals surface area contributed by atoms with Crippen molar-refractivity contribution in [1.82, 2.24) is 14.7 Å². The van der Waals surface area contributed by atoms with E-state index in [4.69, 9.17) is 18.6 Å². The Morgan fingerprint density at radius 1 is 0.921 bits per heavy atom. The zero-order chi connectivity index (χ0) is 26.3. The average Bonchev–Trinajstić information content (AvgIpc) is 3.62. The van der Waals surface area contributed by atoms with E-state index in [1.165, 1.54) is 0 Å². The Hall–Kier alpha value is -3.34. The van der Waals surface area contributed by atoms with Gasteiger partial charge in [-0.2, -0.15) is 0 Å². The number of nitrogens with zero attached hydrogens (tertiary/aromatic N) is 3. The van der Waals surface area contributed by atoms with E-state index in [0.29, 0.717) is 55.7 Å². The van der Waals surface area contributed by atoms with Crippen LogP contribution in [0.2, 0.25) is 0 Å². The van der Waals surface area contributed by atoms with E-state index in [2.05, 4.69) is 20.8 Å². The van der Waals surface area contributed by atoms with Gasteiger partial charge in [-0.05, 0) is 48.0 Å². The highest BCUT2D eigenvalue weighted by atomic mass is 79.9. The van der Waals surface area contributed by atoms with Crippen LogP contribution in [0.3, 0.4) is 0 Å². The summed E-state index contributed by atoms with van der Waals surface area (Å²) >= 11 is 3.45. The van der Waals surface area contributed by atoms with Crippen LogP contribution >= 0.6 is 15.9 Å². The van der Waals surface area contributed by atoms with Crippen LogP contribution in [-0.4, -0.2) is 79.2 Å². The summed E-state index contributed by atoms with van der Waals surface area (Å²) in [4.78, 5) is 32.9. The van der Waals surface area contributed by atoms with Crippen molar-refractivity contribution in [2.75, 3.05) is 52.7 Å². The van der Waals surface area contributed by atoms with Crippen LogP contribution < -0.4 is 9.47 Å². The second-order valence-electron chi connectivity index (χ2n) is 9.21. The monoisotopic (exact) mass is 583 g/mol. The van der Waals surface area contributed by atoms with Crippen LogP contribution in [0.25, 0.3) is 0 Å². The van der Waals surface area contributed by atoms with E-state index < -0.39 is 0 Å². The minimum atomic E-state index is -0.186. The fourth-order valence-corrected chi connectivity index (χ4v) is 4.89. The lowest BCUT2D eigenvalue weighted by atomic mass is 10.1. The van der Waals surface area contributed by atoms with Crippen molar-refractivity contribution in [2.24, 2.45) is 0 Å². The van der Waals surface area contributed by atoms with Gasteiger partial charge in [0, 0.05) is 42.8 Å². The van der Waals surface area contributed by atoms with Crippen molar-refractivity contribution in [3.63, 3.8) is 0 Å². The minimum absolute atomic E-state index is 0.0546. The molecule has 3 heterocycles. The molecule has 1 fully saturated rings. The molecule has 0 bridgehead atoms. The topological polar surface area (TPSA) is 84.7 Å². The first-order valence-corrected chi connectivity index (χ1v) is 13.4. The third-order valence-electron chi connectivity index (χ3n) is 6.56. The van der Waals surface area contributed by atoms with Gasteiger partial charge in [-0.1, -0.05) is 28.1 Å². The summed E-state index contributed by atoms with van der Waals surface area (Å²) in [5.74, 6) is 1.65. The van der Waals surface area contributed by atoms with Crippen LogP contribution in [-0.2, 0) is 22.6 Å². The molecule has 0 radical (unpaired) electrons. The molecule has 0 spiro atoms. The fraction of sp³-hybridized carbons (Fsp3) is 0.357. The van der Waals surface area contributed by atoms with Crippen LogP contribution in [0.1, 0.15) is 21.7 Å². The minimum Gasteiger partial charge on any atom is -0.467 e. The number of morpholine rings is 1. The summed E-state index contributed by atoms with van der Waals surface area (Å²) in [6.07, 6.45) is 1.59. The zero-order valence-electron chi connectivity index (χ0n) is 21.0. The van der Waals surface area contributed by atoms with Gasteiger partial charge in [0.25, 0.3) is 5.91 Å². The molecule has 0 atom stereocenters. The first kappa shape index (κ1) is 26.3. The van der Waals surface area contributed by atoms with E-state index in [9.17, 15) is 9.59 Å². The van der Waals surface area contributed by atoms with Gasteiger partial charge >= 0.3 is 0 Å². The predicted molar refractivity (Wildman–Crippen MR) is 143 cm³/mol. The largest absolute Gasteiger partial charge is 0.467 e. The molecule has 2 aliphatic heterocycles. The molecule has 2 aliphatic rings. The van der Waals surface area contributed by atoms with E-state index in [0.717, 1.165) is 23.1 Å². The van der Waals surface area contributed by atoms with Crippen LogP contribution in [0.15, 0.2) is 69.8 Å². The van der Waals surface area contributed by atoms with Gasteiger partial charge in [-0.15, -0.1) is 0 Å². The number of hydrogen-bond donors (Lipinski definition) is 0. The van der Waals surface area contributed by atoms with E-state index in [-0.39, 0.29) is 31.7 Å². The summed E-state index contributed by atoms with van der Waals surface area (Å²) in [6.45, 7) is 4.79. The molecule has 0 N–H and O–H groups in total. The Morgan fingerprint density at radius 2 is 1.76 bits per heavy atom. The molecule has 10 heteroatoms. The van der Waals surface area contributed by atoms with Gasteiger partial charge in [0.05, 0.1) is 26.0 Å². The molecule has 0 unspecified atom stereocenters. The Bertz CT molecular complexity index is 1250. The number of furan rings is 1. The van der Waals surface area contributed by atoms with Crippen molar-refractivity contribution in [3.05, 3.63) is 82.2 Å². The summed E-state index contributed by atoms with van der Waals surface area (Å²) in [7, 11) is 0. The SMILES string of the molecule is O=C(CN(CCN1CCOCC1)C(=O)c1cccc(Br)c1)N(Cc1ccc2c(c1)OCO2)Cc1ccco1. The molecule has 2 amide bonds. The molecule has 0 saturated carbocycles. The summed E-state index contributed by atoms with van der Waals surface area (Å²) in [5, 5.41) is 0. The number of ether oxygens (including phenoxy) is 3. The lowest BCUT2D eigenvalue weighted by molar-refractivity contribution is -0.133. The Labute approximate surface area is 230 Å². The molecule has 1 aromatic heterocycles. The van der Waals surface area contributed by atoms with Crippen molar-refractivity contribution in [3.8, 4) is 11.5 Å². The quantitative estimate of drug-likeness (QED) is 0.359. The number of carbonyl (C=O) groups excluding carboxylic acids is 2. The zero-order valence-corrected chi connectivity index (χ0v) is 22.6. The highest BCUT2D eigenvalue weighted by Crippen LogP contribution is 2.33. The van der Waals surface area contributed by atoms with Gasteiger partial charge in [0.1, 0.15) is 12.3 Å². The molecule has 3 aromatic rings. The molecular formula is C28H30BrN3O6. The standard InChI is InChI=1S/C28H30BrN3O6/c29-23-4-1-3-22(16-23)28(34)31(9-8-30-10-13-35-14-11-30)19-27(33)32(18-24-5-2-12-36-24)17-21-6-7-25-26(15-21)38-20-37-25/h1-7,12,15-16H,8-11,13-14,17-20H2. The van der Waals surface area contributed by atoms with Gasteiger partial charge < -0.3 is 28.4 Å². The molecule has 0 aliphatic carbocycles. The highest BCUT2D eigenvalue weighted by molar-refractivity contribution is 9.10. The maximum atomic E-state index is 13.8. The molecule has 9 nitrogen and oxygen atoms in total. The van der Waals surface area contributed by atoms with E-state index in [1.807, 2.05) is 36.4 Å². The first-order chi connectivity index (χ1) is 18.5. The summed E-state index contributed by atoms with van der Waals surface area (Å²) in [6, 6.07) is 16.5. The smallest absolute Gasteiger partial charge is 0.254 e. The lowest BCUT2D eigenvalue weighted by Gasteiger charge is -2.31. The van der Waals surface area contributed by atoms with Gasteiger partial charge in [0.15, 0.2) is 11.5 Å². The second-order valence-corrected chi connectivity index (χ2v) is 10.1. The normalized spacial score (nSPS) is 14.9. The maximum Gasteiger partial charge on any atom is 0.254 e. The average molecular weight is 584 g/mol. The number of carbonyl (C=O) groups is 2. The van der Waals surface area contributed by atoms with E-state index >= 15 is 0 Å². The van der Waals surface area contributed by atoms with Crippen LogP contribution in [0.4, 0.5) is 0 Å². The van der Waals surface area contributed by atoms with Gasteiger partial charge in [0.2, 0.25) is 12.7 Å². The summed E-state index contributed by atoms with van der Waals surface area (Å²) in [5.41, 5.74) is 1.43. The van der Waals surface area contributed by atoms with Crippen LogP contribution in [0.5, 0.6) is 11.5 Å². The first-order valence-electron chi connectivity index (χ1n) is 12.6. The Balaban J connectivity index is 1.34. The molecule has 1 saturated heterocycles. The second kappa shape index (κ2) is 12.5. The number of fused-ring (bicyclic) bond motifs is 1. The van der Waals surface area contributed by atoms with Crippen molar-refractivity contribution in [2.45, 2.75) is 13.1 Å². The Morgan fingerprint density at radius 3 is 2.55 bits per heavy atom. The number of hydrogen-bond acceptors (Lipinski definition) is 7. The van der Waals surface area contributed by atoms with E-state index in [1.54, 1.807) is 34.3 Å². The molecule has 200 valence electrons. The maximum absolute atomic E-state index is 13.8. The van der Waals surface area contributed by atoms with Crippen molar-refractivity contribution >= 4 is 27.7 Å². The number of amides is 2.